The summed E-state index contributed by atoms with van der Waals surface area (Å²) in [6, 6.07) is 11.1. The number of carbonyl (C=O) groups excluding carboxylic acids is 2. The molecule has 1 unspecified atom stereocenters. The number of hydrogen-bond donors (Lipinski definition) is 2. The molecule has 1 aliphatic heterocycles. The molecule has 32 heavy (non-hydrogen) atoms. The first kappa shape index (κ1) is 22.4. The molecule has 170 valence electrons. The van der Waals surface area contributed by atoms with Crippen LogP contribution in [0.1, 0.15) is 58.3 Å². The van der Waals surface area contributed by atoms with Crippen LogP contribution < -0.4 is 10.9 Å². The summed E-state index contributed by atoms with van der Waals surface area (Å²) in [5.41, 5.74) is 1.44. The van der Waals surface area contributed by atoms with Crippen molar-refractivity contribution in [3.8, 4) is 0 Å². The van der Waals surface area contributed by atoms with Crippen molar-refractivity contribution >= 4 is 11.7 Å². The Morgan fingerprint density at radius 2 is 1.78 bits per heavy atom. The van der Waals surface area contributed by atoms with Crippen LogP contribution in [0.2, 0.25) is 0 Å². The minimum absolute atomic E-state index is 0.00360. The minimum Gasteiger partial charge on any atom is -0.344 e. The first-order valence-corrected chi connectivity index (χ1v) is 11.3. The first-order valence-electron chi connectivity index (χ1n) is 11.3. The van der Waals surface area contributed by atoms with Gasteiger partial charge in [0.25, 0.3) is 11.5 Å². The van der Waals surface area contributed by atoms with E-state index in [1.54, 1.807) is 0 Å². The third-order valence-corrected chi connectivity index (χ3v) is 6.51. The molecule has 0 radical (unpaired) electrons. The minimum atomic E-state index is -0.449. The average molecular weight is 437 g/mol. The lowest BCUT2D eigenvalue weighted by Crippen LogP contribution is -2.48. The molecule has 1 amide bonds. The van der Waals surface area contributed by atoms with Crippen LogP contribution in [0.25, 0.3) is 0 Å². The summed E-state index contributed by atoms with van der Waals surface area (Å²) in [6.45, 7) is 8.51. The monoisotopic (exact) mass is 436 g/mol. The Balaban J connectivity index is 1.58. The number of likely N-dealkylation sites (N-methyl/N-ethyl adjacent to an activating group) is 1. The zero-order chi connectivity index (χ0) is 22.9. The predicted molar refractivity (Wildman–Crippen MR) is 124 cm³/mol. The SMILES string of the molecule is CN1CCN(CC(NC(=O)c2cc3c([nH]c2=O)CC(C)(C)CC3=O)c2ccccc2)CC1. The van der Waals surface area contributed by atoms with Gasteiger partial charge in [-0.25, -0.2) is 0 Å². The molecule has 0 spiro atoms. The maximum atomic E-state index is 13.2. The van der Waals surface area contributed by atoms with Crippen molar-refractivity contribution in [3.05, 3.63) is 69.1 Å². The number of aromatic amines is 1. The lowest BCUT2D eigenvalue weighted by Gasteiger charge is -2.35. The molecule has 0 bridgehead atoms. The molecule has 7 nitrogen and oxygen atoms in total. The molecule has 2 N–H and O–H groups in total. The van der Waals surface area contributed by atoms with Gasteiger partial charge in [-0.15, -0.1) is 0 Å². The van der Waals surface area contributed by atoms with Crippen LogP contribution in [-0.2, 0) is 6.42 Å². The van der Waals surface area contributed by atoms with Crippen LogP contribution in [0.5, 0.6) is 0 Å². The van der Waals surface area contributed by atoms with E-state index in [4.69, 9.17) is 0 Å². The summed E-state index contributed by atoms with van der Waals surface area (Å²) in [5.74, 6) is -0.478. The summed E-state index contributed by atoms with van der Waals surface area (Å²) in [7, 11) is 2.11. The number of Topliss-reactive ketones (excluding diaryl/α,β-unsaturated/α-hetero) is 1. The van der Waals surface area contributed by atoms with Gasteiger partial charge >= 0.3 is 0 Å². The van der Waals surface area contributed by atoms with Crippen LogP contribution in [0.15, 0.2) is 41.2 Å². The Kier molecular flexibility index (Phi) is 6.31. The van der Waals surface area contributed by atoms with Crippen LogP contribution in [0, 0.1) is 5.41 Å². The number of pyridine rings is 1. The van der Waals surface area contributed by atoms with Crippen molar-refractivity contribution in [1.82, 2.24) is 20.1 Å². The second kappa shape index (κ2) is 9.00. The highest BCUT2D eigenvalue weighted by Gasteiger charge is 2.33. The average Bonchev–Trinajstić information content (AvgIpc) is 2.74. The number of fused-ring (bicyclic) bond motifs is 1. The van der Waals surface area contributed by atoms with E-state index >= 15 is 0 Å². The molecule has 1 aliphatic carbocycles. The highest BCUT2D eigenvalue weighted by atomic mass is 16.2. The molecule has 2 heterocycles. The van der Waals surface area contributed by atoms with Crippen LogP contribution in [0.3, 0.4) is 0 Å². The maximum absolute atomic E-state index is 13.2. The Morgan fingerprint density at radius 1 is 1.09 bits per heavy atom. The molecular weight excluding hydrogens is 404 g/mol. The number of aromatic nitrogens is 1. The molecule has 1 aromatic heterocycles. The first-order chi connectivity index (χ1) is 15.2. The molecule has 1 fully saturated rings. The van der Waals surface area contributed by atoms with Crippen LogP contribution >= 0.6 is 0 Å². The quantitative estimate of drug-likeness (QED) is 0.751. The van der Waals surface area contributed by atoms with Crippen molar-refractivity contribution in [2.24, 2.45) is 5.41 Å². The lowest BCUT2D eigenvalue weighted by molar-refractivity contribution is 0.0905. The Morgan fingerprint density at radius 3 is 2.47 bits per heavy atom. The fourth-order valence-electron chi connectivity index (χ4n) is 4.64. The Labute approximate surface area is 188 Å². The molecule has 1 aromatic carbocycles. The van der Waals surface area contributed by atoms with E-state index in [2.05, 4.69) is 27.1 Å². The lowest BCUT2D eigenvalue weighted by atomic mass is 9.75. The van der Waals surface area contributed by atoms with Crippen molar-refractivity contribution in [2.75, 3.05) is 39.8 Å². The van der Waals surface area contributed by atoms with Gasteiger partial charge in [0.15, 0.2) is 5.78 Å². The number of hydrogen-bond acceptors (Lipinski definition) is 5. The van der Waals surface area contributed by atoms with E-state index in [0.29, 0.717) is 30.6 Å². The van der Waals surface area contributed by atoms with Crippen LogP contribution in [-0.4, -0.2) is 66.2 Å². The number of nitrogens with zero attached hydrogens (tertiary/aromatic N) is 2. The fraction of sp³-hybridized carbons (Fsp3) is 0.480. The third kappa shape index (κ3) is 5.00. The van der Waals surface area contributed by atoms with E-state index in [0.717, 1.165) is 31.7 Å². The molecule has 2 aliphatic rings. The smallest absolute Gasteiger partial charge is 0.261 e. The summed E-state index contributed by atoms with van der Waals surface area (Å²) in [6.07, 6.45) is 1.02. The van der Waals surface area contributed by atoms with Gasteiger partial charge in [0.05, 0.1) is 6.04 Å². The zero-order valence-electron chi connectivity index (χ0n) is 19.1. The Bertz CT molecular complexity index is 1050. The van der Waals surface area contributed by atoms with E-state index in [1.165, 1.54) is 6.07 Å². The van der Waals surface area contributed by atoms with Gasteiger partial charge < -0.3 is 15.2 Å². The molecule has 0 saturated carbocycles. The summed E-state index contributed by atoms with van der Waals surface area (Å²) in [5, 5.41) is 3.06. The molecule has 2 aromatic rings. The number of H-pyrrole nitrogens is 1. The molecule has 1 saturated heterocycles. The van der Waals surface area contributed by atoms with Gasteiger partial charge in [-0.2, -0.15) is 0 Å². The number of piperazine rings is 1. The summed E-state index contributed by atoms with van der Waals surface area (Å²) >= 11 is 0. The van der Waals surface area contributed by atoms with Crippen molar-refractivity contribution < 1.29 is 9.59 Å². The number of benzene rings is 1. The number of carbonyl (C=O) groups is 2. The molecule has 1 atom stereocenters. The normalized spacial score (nSPS) is 19.9. The van der Waals surface area contributed by atoms with Crippen molar-refractivity contribution in [3.63, 3.8) is 0 Å². The van der Waals surface area contributed by atoms with Gasteiger partial charge in [0.2, 0.25) is 0 Å². The zero-order valence-corrected chi connectivity index (χ0v) is 19.1. The van der Waals surface area contributed by atoms with E-state index in [-0.39, 0.29) is 22.8 Å². The van der Waals surface area contributed by atoms with Gasteiger partial charge in [-0.05, 0) is 30.5 Å². The second-order valence-corrected chi connectivity index (χ2v) is 9.89. The highest BCUT2D eigenvalue weighted by Crippen LogP contribution is 2.33. The van der Waals surface area contributed by atoms with Gasteiger partial charge in [0.1, 0.15) is 5.56 Å². The molecule has 7 heteroatoms. The third-order valence-electron chi connectivity index (χ3n) is 6.51. The number of nitrogens with one attached hydrogen (secondary N) is 2. The number of amides is 1. The molecular formula is C25H32N4O3. The predicted octanol–water partition coefficient (Wildman–Crippen LogP) is 2.25. The van der Waals surface area contributed by atoms with Gasteiger partial charge in [-0.1, -0.05) is 44.2 Å². The number of ketones is 1. The topological polar surface area (TPSA) is 85.5 Å². The highest BCUT2D eigenvalue weighted by molar-refractivity contribution is 6.02. The fourth-order valence-corrected chi connectivity index (χ4v) is 4.64. The second-order valence-electron chi connectivity index (χ2n) is 9.89. The van der Waals surface area contributed by atoms with Gasteiger partial charge in [-0.3, -0.25) is 19.3 Å². The Hall–Kier alpha value is -2.77. The molecule has 4 rings (SSSR count). The van der Waals surface area contributed by atoms with E-state index in [9.17, 15) is 14.4 Å². The van der Waals surface area contributed by atoms with E-state index in [1.807, 2.05) is 44.2 Å². The summed E-state index contributed by atoms with van der Waals surface area (Å²) < 4.78 is 0. The van der Waals surface area contributed by atoms with Crippen LogP contribution in [0.4, 0.5) is 0 Å². The van der Waals surface area contributed by atoms with Gasteiger partial charge in [0, 0.05) is 50.4 Å². The van der Waals surface area contributed by atoms with E-state index < -0.39 is 11.5 Å². The van der Waals surface area contributed by atoms with Crippen molar-refractivity contribution in [2.45, 2.75) is 32.7 Å². The standard InChI is InChI=1S/C25H32N4O3/c1-25(2)14-20-18(22(30)15-25)13-19(23(31)26-20)24(32)27-21(17-7-5-4-6-8-17)16-29-11-9-28(3)10-12-29/h4-8,13,21H,9-12,14-16H2,1-3H3,(H,26,31)(H,27,32). The summed E-state index contributed by atoms with van der Waals surface area (Å²) in [4.78, 5) is 46.0. The maximum Gasteiger partial charge on any atom is 0.261 e. The van der Waals surface area contributed by atoms with Crippen molar-refractivity contribution in [1.29, 1.82) is 0 Å². The number of rotatable bonds is 5. The largest absolute Gasteiger partial charge is 0.344 e.